The van der Waals surface area contributed by atoms with Crippen molar-refractivity contribution in [3.05, 3.63) is 95.3 Å². The molecule has 0 bridgehead atoms. The first-order valence-corrected chi connectivity index (χ1v) is 14.9. The van der Waals surface area contributed by atoms with Crippen molar-refractivity contribution in [3.8, 4) is 0 Å². The van der Waals surface area contributed by atoms with Crippen LogP contribution in [0.5, 0.6) is 0 Å². The van der Waals surface area contributed by atoms with E-state index >= 15 is 4.39 Å². The van der Waals surface area contributed by atoms with Crippen molar-refractivity contribution in [2.45, 2.75) is 32.1 Å². The Labute approximate surface area is 260 Å². The van der Waals surface area contributed by atoms with Crippen molar-refractivity contribution in [3.63, 3.8) is 0 Å². The van der Waals surface area contributed by atoms with Gasteiger partial charge in [0.15, 0.2) is 5.78 Å². The second kappa shape index (κ2) is 14.7. The van der Waals surface area contributed by atoms with E-state index in [1.54, 1.807) is 41.3 Å². The molecule has 11 nitrogen and oxygen atoms in total. The van der Waals surface area contributed by atoms with Gasteiger partial charge < -0.3 is 30.3 Å². The first kappa shape index (κ1) is 31.5. The van der Waals surface area contributed by atoms with Crippen LogP contribution in [0.25, 0.3) is 0 Å². The third-order valence-corrected chi connectivity index (χ3v) is 7.84. The number of amides is 3. The van der Waals surface area contributed by atoms with E-state index in [1.807, 2.05) is 35.2 Å². The molecule has 3 aromatic rings. The van der Waals surface area contributed by atoms with Gasteiger partial charge in [0, 0.05) is 57.7 Å². The van der Waals surface area contributed by atoms with Crippen LogP contribution in [0.2, 0.25) is 0 Å². The normalized spacial score (nSPS) is 16.4. The third-order valence-electron chi connectivity index (χ3n) is 7.84. The molecule has 0 aromatic heterocycles. The molecular formula is C33H36FN5O6. The average molecular weight is 618 g/mol. The Kier molecular flexibility index (Phi) is 10.3. The molecule has 2 aliphatic rings. The lowest BCUT2D eigenvalue weighted by Gasteiger charge is -2.36. The van der Waals surface area contributed by atoms with Crippen LogP contribution >= 0.6 is 0 Å². The molecule has 3 N–H and O–H groups in total. The van der Waals surface area contributed by atoms with Gasteiger partial charge in [0.1, 0.15) is 18.5 Å². The van der Waals surface area contributed by atoms with Crippen LogP contribution in [0.3, 0.4) is 0 Å². The number of alkyl carbamates (subject to hydrolysis) is 1. The number of cyclic esters (lactones) is 1. The Morgan fingerprint density at radius 2 is 1.67 bits per heavy atom. The second-order valence-corrected chi connectivity index (χ2v) is 10.9. The summed E-state index contributed by atoms with van der Waals surface area (Å²) in [6, 6.07) is 20.9. The smallest absolute Gasteiger partial charge is 0.414 e. The maximum Gasteiger partial charge on any atom is 0.414 e. The topological polar surface area (TPSA) is 135 Å². The summed E-state index contributed by atoms with van der Waals surface area (Å²) in [4.78, 5) is 54.5. The van der Waals surface area contributed by atoms with Crippen molar-refractivity contribution in [1.82, 2.24) is 10.2 Å². The largest absolute Gasteiger partial charge is 0.445 e. The van der Waals surface area contributed by atoms with Gasteiger partial charge in [-0.3, -0.25) is 14.5 Å². The number of nitrogens with one attached hydrogen (secondary N) is 1. The van der Waals surface area contributed by atoms with E-state index in [2.05, 4.69) is 5.32 Å². The minimum Gasteiger partial charge on any atom is -0.445 e. The number of nitrogens with two attached hydrogens (primary N) is 1. The van der Waals surface area contributed by atoms with Gasteiger partial charge >= 0.3 is 12.2 Å². The number of nitrogens with zero attached hydrogens (tertiary/aromatic N) is 3. The molecule has 0 saturated carbocycles. The predicted molar refractivity (Wildman–Crippen MR) is 165 cm³/mol. The van der Waals surface area contributed by atoms with Gasteiger partial charge in [0.2, 0.25) is 5.91 Å². The number of carbonyl (C=O) groups excluding carboxylic acids is 4. The number of benzene rings is 3. The summed E-state index contributed by atoms with van der Waals surface area (Å²) < 4.78 is 25.4. The summed E-state index contributed by atoms with van der Waals surface area (Å²) >= 11 is 0. The third kappa shape index (κ3) is 8.15. The van der Waals surface area contributed by atoms with Crippen molar-refractivity contribution >= 4 is 35.3 Å². The standard InChI is InChI=1S/C33H36FN5O6/c34-28-18-26(39-21-27(19-35)45-33(39)43)10-11-29(28)37-14-16-38(17-15-37)31(41)13-12-30(40)25-8-6-23(7-9-25)20-36-32(42)44-22-24-4-2-1-3-5-24/h1-11,18,27H,12-17,19-22,35H2,(H,36,42)/t27-/m0/s1. The number of Topliss-reactive ketones (excluding diaryl/α,β-unsaturated/α-hetero) is 1. The first-order valence-electron chi connectivity index (χ1n) is 14.9. The van der Waals surface area contributed by atoms with E-state index in [1.165, 1.54) is 11.0 Å². The van der Waals surface area contributed by atoms with Crippen molar-refractivity contribution in [2.24, 2.45) is 5.73 Å². The SMILES string of the molecule is NC[C@H]1CN(c2ccc(N3CCN(C(=O)CCC(=O)c4ccc(CNC(=O)OCc5ccccc5)cc4)CC3)c(F)c2)C(=O)O1. The van der Waals surface area contributed by atoms with Gasteiger partial charge in [-0.2, -0.15) is 0 Å². The molecule has 12 heteroatoms. The molecule has 0 radical (unpaired) electrons. The molecule has 0 aliphatic carbocycles. The highest BCUT2D eigenvalue weighted by atomic mass is 19.1. The fourth-order valence-corrected chi connectivity index (χ4v) is 5.25. The fraction of sp³-hybridized carbons (Fsp3) is 0.333. The molecular weight excluding hydrogens is 581 g/mol. The number of rotatable bonds is 11. The van der Waals surface area contributed by atoms with Gasteiger partial charge in [0.05, 0.1) is 17.9 Å². The van der Waals surface area contributed by atoms with Crippen LogP contribution < -0.4 is 20.9 Å². The van der Waals surface area contributed by atoms with Gasteiger partial charge in [-0.15, -0.1) is 0 Å². The Bertz CT molecular complexity index is 1510. The highest BCUT2D eigenvalue weighted by Crippen LogP contribution is 2.28. The monoisotopic (exact) mass is 617 g/mol. The van der Waals surface area contributed by atoms with E-state index in [-0.39, 0.29) is 50.8 Å². The highest BCUT2D eigenvalue weighted by molar-refractivity contribution is 5.98. The maximum absolute atomic E-state index is 15.0. The quantitative estimate of drug-likeness (QED) is 0.310. The molecule has 45 heavy (non-hydrogen) atoms. The molecule has 2 saturated heterocycles. The minimum atomic E-state index is -0.550. The highest BCUT2D eigenvalue weighted by Gasteiger charge is 2.32. The maximum atomic E-state index is 15.0. The number of ether oxygens (including phenoxy) is 2. The Morgan fingerprint density at radius 3 is 2.33 bits per heavy atom. The Morgan fingerprint density at radius 1 is 0.933 bits per heavy atom. The zero-order chi connectivity index (χ0) is 31.8. The Hall–Kier alpha value is -4.97. The number of anilines is 2. The van der Waals surface area contributed by atoms with E-state index in [4.69, 9.17) is 15.2 Å². The fourth-order valence-electron chi connectivity index (χ4n) is 5.25. The number of ketones is 1. The zero-order valence-electron chi connectivity index (χ0n) is 24.8. The number of halogens is 1. The van der Waals surface area contributed by atoms with Crippen LogP contribution in [0.4, 0.5) is 25.4 Å². The van der Waals surface area contributed by atoms with Crippen molar-refractivity contribution in [1.29, 1.82) is 0 Å². The van der Waals surface area contributed by atoms with Crippen LogP contribution in [0.1, 0.15) is 34.3 Å². The van der Waals surface area contributed by atoms with Gasteiger partial charge in [0.25, 0.3) is 0 Å². The summed E-state index contributed by atoms with van der Waals surface area (Å²) in [7, 11) is 0. The lowest BCUT2D eigenvalue weighted by atomic mass is 10.0. The molecule has 1 atom stereocenters. The van der Waals surface area contributed by atoms with Gasteiger partial charge in [-0.05, 0) is 29.3 Å². The molecule has 3 aromatic carbocycles. The molecule has 3 amide bonds. The molecule has 2 aliphatic heterocycles. The molecule has 0 unspecified atom stereocenters. The van der Waals surface area contributed by atoms with Crippen LogP contribution in [0.15, 0.2) is 72.8 Å². The van der Waals surface area contributed by atoms with E-state index < -0.39 is 24.1 Å². The second-order valence-electron chi connectivity index (χ2n) is 10.9. The summed E-state index contributed by atoms with van der Waals surface area (Å²) in [6.07, 6.45) is -1.35. The van der Waals surface area contributed by atoms with Crippen LogP contribution in [0, 0.1) is 5.82 Å². The number of carbonyl (C=O) groups is 4. The predicted octanol–water partition coefficient (Wildman–Crippen LogP) is 3.85. The van der Waals surface area contributed by atoms with Crippen molar-refractivity contribution in [2.75, 3.05) is 49.1 Å². The molecule has 0 spiro atoms. The van der Waals surface area contributed by atoms with Crippen LogP contribution in [-0.4, -0.2) is 74.1 Å². The molecule has 2 heterocycles. The lowest BCUT2D eigenvalue weighted by Crippen LogP contribution is -2.49. The average Bonchev–Trinajstić information content (AvgIpc) is 3.46. The van der Waals surface area contributed by atoms with E-state index in [0.29, 0.717) is 43.1 Å². The van der Waals surface area contributed by atoms with Gasteiger partial charge in [-0.1, -0.05) is 54.6 Å². The summed E-state index contributed by atoms with van der Waals surface area (Å²) in [5, 5.41) is 2.69. The summed E-state index contributed by atoms with van der Waals surface area (Å²) in [6.45, 7) is 2.58. The van der Waals surface area contributed by atoms with Crippen molar-refractivity contribution < 1.29 is 33.0 Å². The molecule has 5 rings (SSSR count). The zero-order valence-corrected chi connectivity index (χ0v) is 24.8. The summed E-state index contributed by atoms with van der Waals surface area (Å²) in [5.74, 6) is -0.743. The number of hydrogen-bond donors (Lipinski definition) is 2. The molecule has 2 fully saturated rings. The number of piperazine rings is 1. The number of hydrogen-bond acceptors (Lipinski definition) is 8. The summed E-state index contributed by atoms with van der Waals surface area (Å²) in [5.41, 5.74) is 8.57. The Balaban J connectivity index is 1.03. The lowest BCUT2D eigenvalue weighted by molar-refractivity contribution is -0.131. The van der Waals surface area contributed by atoms with Gasteiger partial charge in [-0.25, -0.2) is 14.0 Å². The van der Waals surface area contributed by atoms with E-state index in [0.717, 1.165) is 11.1 Å². The minimum absolute atomic E-state index is 0.0719. The molecule has 236 valence electrons. The first-order chi connectivity index (χ1) is 21.8. The van der Waals surface area contributed by atoms with Crippen LogP contribution in [-0.2, 0) is 27.4 Å². The van der Waals surface area contributed by atoms with E-state index in [9.17, 15) is 19.2 Å².